The predicted molar refractivity (Wildman–Crippen MR) is 105 cm³/mol. The molecule has 2 unspecified atom stereocenters. The Morgan fingerprint density at radius 2 is 1.78 bits per heavy atom. The van der Waals surface area contributed by atoms with Gasteiger partial charge in [-0.25, -0.2) is 14.6 Å². The predicted octanol–water partition coefficient (Wildman–Crippen LogP) is 1.44. The van der Waals surface area contributed by atoms with E-state index in [-0.39, 0.29) is 11.0 Å². The second-order valence-corrected chi connectivity index (χ2v) is 8.96. The molecule has 0 aromatic carbocycles. The summed E-state index contributed by atoms with van der Waals surface area (Å²) in [6, 6.07) is 3.84. The van der Waals surface area contributed by atoms with Gasteiger partial charge in [-0.05, 0) is 17.4 Å². The number of hydrogen-bond acceptors (Lipinski definition) is 6. The van der Waals surface area contributed by atoms with Crippen molar-refractivity contribution in [2.75, 3.05) is 31.1 Å². The summed E-state index contributed by atoms with van der Waals surface area (Å²) in [6.45, 7) is 11.6. The van der Waals surface area contributed by atoms with Crippen LogP contribution in [0.1, 0.15) is 32.0 Å². The van der Waals surface area contributed by atoms with E-state index in [2.05, 4.69) is 51.7 Å². The Morgan fingerprint density at radius 1 is 1.07 bits per heavy atom. The molecule has 2 atom stereocenters. The lowest BCUT2D eigenvalue weighted by Gasteiger charge is -2.24. The van der Waals surface area contributed by atoms with Crippen molar-refractivity contribution in [2.24, 2.45) is 18.9 Å². The van der Waals surface area contributed by atoms with Crippen LogP contribution < -0.4 is 10.5 Å². The van der Waals surface area contributed by atoms with Crippen LogP contribution in [0.15, 0.2) is 29.5 Å². The summed E-state index contributed by atoms with van der Waals surface area (Å²) in [5.74, 6) is 2.35. The first-order valence-electron chi connectivity index (χ1n) is 9.61. The van der Waals surface area contributed by atoms with Crippen LogP contribution in [-0.2, 0) is 19.0 Å². The van der Waals surface area contributed by atoms with Gasteiger partial charge in [0.05, 0.1) is 11.9 Å². The highest BCUT2D eigenvalue weighted by Gasteiger charge is 2.40. The van der Waals surface area contributed by atoms with Crippen LogP contribution >= 0.6 is 0 Å². The number of hydrogen-bond donors (Lipinski definition) is 0. The summed E-state index contributed by atoms with van der Waals surface area (Å²) < 4.78 is 1.37. The van der Waals surface area contributed by atoms with Gasteiger partial charge in [0.2, 0.25) is 0 Å². The average Bonchev–Trinajstić information content (AvgIpc) is 3.16. The molecule has 2 aliphatic heterocycles. The SMILES string of the molecule is Cn1ncc(CN2CC3CN(c4cc(C(C)(C)C)ncn4)CC3C2)cc1=O. The van der Waals surface area contributed by atoms with Gasteiger partial charge >= 0.3 is 0 Å². The Morgan fingerprint density at radius 3 is 2.41 bits per heavy atom. The zero-order valence-corrected chi connectivity index (χ0v) is 16.6. The first-order valence-corrected chi connectivity index (χ1v) is 9.61. The number of nitrogens with zero attached hydrogens (tertiary/aromatic N) is 6. The highest BCUT2D eigenvalue weighted by Crippen LogP contribution is 2.34. The number of fused-ring (bicyclic) bond motifs is 1. The molecule has 0 bridgehead atoms. The lowest BCUT2D eigenvalue weighted by molar-refractivity contribution is 0.307. The van der Waals surface area contributed by atoms with E-state index in [9.17, 15) is 4.79 Å². The quantitative estimate of drug-likeness (QED) is 0.817. The molecule has 4 heterocycles. The maximum absolute atomic E-state index is 11.8. The third-order valence-corrected chi connectivity index (χ3v) is 5.74. The molecule has 0 radical (unpaired) electrons. The Bertz CT molecular complexity index is 873. The first-order chi connectivity index (χ1) is 12.8. The monoisotopic (exact) mass is 368 g/mol. The average molecular weight is 368 g/mol. The van der Waals surface area contributed by atoms with Gasteiger partial charge in [-0.1, -0.05) is 20.8 Å². The maximum atomic E-state index is 11.8. The molecule has 2 saturated heterocycles. The van der Waals surface area contributed by atoms with Crippen molar-refractivity contribution in [3.8, 4) is 0 Å². The van der Waals surface area contributed by atoms with Crippen LogP contribution in [-0.4, -0.2) is 50.8 Å². The summed E-state index contributed by atoms with van der Waals surface area (Å²) in [5.41, 5.74) is 2.08. The van der Waals surface area contributed by atoms with Gasteiger partial charge in [0, 0.05) is 57.3 Å². The second kappa shape index (κ2) is 6.71. The lowest BCUT2D eigenvalue weighted by atomic mass is 9.92. The molecule has 0 amide bonds. The highest BCUT2D eigenvalue weighted by molar-refractivity contribution is 5.42. The van der Waals surface area contributed by atoms with Crippen LogP contribution in [0.2, 0.25) is 0 Å². The van der Waals surface area contributed by atoms with Gasteiger partial charge in [0.15, 0.2) is 0 Å². The van der Waals surface area contributed by atoms with Crippen LogP contribution in [0.4, 0.5) is 5.82 Å². The molecule has 7 nitrogen and oxygen atoms in total. The Balaban J connectivity index is 1.40. The van der Waals surface area contributed by atoms with E-state index in [1.54, 1.807) is 25.6 Å². The fraction of sp³-hybridized carbons (Fsp3) is 0.600. The van der Waals surface area contributed by atoms with Crippen molar-refractivity contribution in [1.29, 1.82) is 0 Å². The fourth-order valence-corrected chi connectivity index (χ4v) is 4.19. The zero-order chi connectivity index (χ0) is 19.2. The minimum absolute atomic E-state index is 0.0326. The van der Waals surface area contributed by atoms with Crippen LogP contribution in [0.3, 0.4) is 0 Å². The molecule has 2 aliphatic rings. The van der Waals surface area contributed by atoms with Crippen molar-refractivity contribution < 1.29 is 0 Å². The molecule has 144 valence electrons. The van der Waals surface area contributed by atoms with E-state index in [1.165, 1.54) is 4.68 Å². The number of anilines is 1. The molecule has 2 aromatic heterocycles. The van der Waals surface area contributed by atoms with E-state index in [0.717, 1.165) is 49.8 Å². The van der Waals surface area contributed by atoms with E-state index in [1.807, 2.05) is 0 Å². The second-order valence-electron chi connectivity index (χ2n) is 8.96. The van der Waals surface area contributed by atoms with Crippen molar-refractivity contribution >= 4 is 5.82 Å². The summed E-state index contributed by atoms with van der Waals surface area (Å²) in [4.78, 5) is 25.6. The Hall–Kier alpha value is -2.28. The molecular weight excluding hydrogens is 340 g/mol. The summed E-state index contributed by atoms with van der Waals surface area (Å²) in [5, 5.41) is 4.13. The third kappa shape index (κ3) is 3.74. The number of rotatable bonds is 3. The standard InChI is InChI=1S/C20H28N6O/c1-20(2,3)17-6-18(22-13-21-17)26-11-15-9-25(10-16(15)12-26)8-14-5-19(27)24(4)23-7-14/h5-7,13,15-16H,8-12H2,1-4H3. The van der Waals surface area contributed by atoms with E-state index in [4.69, 9.17) is 0 Å². The van der Waals surface area contributed by atoms with Gasteiger partial charge in [-0.15, -0.1) is 0 Å². The van der Waals surface area contributed by atoms with Crippen LogP contribution in [0.5, 0.6) is 0 Å². The van der Waals surface area contributed by atoms with Gasteiger partial charge in [0.25, 0.3) is 5.56 Å². The summed E-state index contributed by atoms with van der Waals surface area (Å²) >= 11 is 0. The van der Waals surface area contributed by atoms with Gasteiger partial charge in [0.1, 0.15) is 12.1 Å². The molecule has 4 rings (SSSR count). The normalized spacial score (nSPS) is 23.0. The first kappa shape index (κ1) is 18.1. The molecule has 0 aliphatic carbocycles. The van der Waals surface area contributed by atoms with Gasteiger partial charge in [-0.2, -0.15) is 5.10 Å². The minimum Gasteiger partial charge on any atom is -0.356 e. The molecule has 2 fully saturated rings. The van der Waals surface area contributed by atoms with Crippen LogP contribution in [0.25, 0.3) is 0 Å². The van der Waals surface area contributed by atoms with Crippen molar-refractivity contribution in [2.45, 2.75) is 32.7 Å². The Labute approximate surface area is 160 Å². The van der Waals surface area contributed by atoms with Crippen molar-refractivity contribution in [3.63, 3.8) is 0 Å². The maximum Gasteiger partial charge on any atom is 0.266 e. The largest absolute Gasteiger partial charge is 0.356 e. The molecule has 2 aromatic rings. The molecule has 0 spiro atoms. The highest BCUT2D eigenvalue weighted by atomic mass is 16.1. The number of aromatic nitrogens is 4. The number of likely N-dealkylation sites (tertiary alicyclic amines) is 1. The third-order valence-electron chi connectivity index (χ3n) is 5.74. The molecule has 27 heavy (non-hydrogen) atoms. The minimum atomic E-state index is -0.0449. The molecular formula is C20H28N6O. The van der Waals surface area contributed by atoms with E-state index in [0.29, 0.717) is 11.8 Å². The topological polar surface area (TPSA) is 67.2 Å². The smallest absolute Gasteiger partial charge is 0.266 e. The van der Waals surface area contributed by atoms with E-state index >= 15 is 0 Å². The fourth-order valence-electron chi connectivity index (χ4n) is 4.19. The van der Waals surface area contributed by atoms with Crippen LogP contribution in [0, 0.1) is 11.8 Å². The van der Waals surface area contributed by atoms with E-state index < -0.39 is 0 Å². The van der Waals surface area contributed by atoms with Crippen molar-refractivity contribution in [1.82, 2.24) is 24.6 Å². The Kier molecular flexibility index (Phi) is 4.50. The van der Waals surface area contributed by atoms with Gasteiger partial charge in [-0.3, -0.25) is 9.69 Å². The molecule has 7 heteroatoms. The lowest BCUT2D eigenvalue weighted by Crippen LogP contribution is -2.30. The van der Waals surface area contributed by atoms with Crippen molar-refractivity contribution in [3.05, 3.63) is 46.3 Å². The zero-order valence-electron chi connectivity index (χ0n) is 16.6. The van der Waals surface area contributed by atoms with Gasteiger partial charge < -0.3 is 4.90 Å². The summed E-state index contributed by atoms with van der Waals surface area (Å²) in [6.07, 6.45) is 3.50. The molecule has 0 N–H and O–H groups in total. The molecule has 0 saturated carbocycles. The number of aryl methyl sites for hydroxylation is 1. The summed E-state index contributed by atoms with van der Waals surface area (Å²) in [7, 11) is 1.68.